The summed E-state index contributed by atoms with van der Waals surface area (Å²) in [6.45, 7) is 7.21. The summed E-state index contributed by atoms with van der Waals surface area (Å²) < 4.78 is 41.5. The van der Waals surface area contributed by atoms with Crippen molar-refractivity contribution in [1.82, 2.24) is 19.0 Å². The van der Waals surface area contributed by atoms with Gasteiger partial charge < -0.3 is 4.90 Å². The summed E-state index contributed by atoms with van der Waals surface area (Å²) in [6.07, 6.45) is 0. The van der Waals surface area contributed by atoms with Crippen LogP contribution in [0.25, 0.3) is 0 Å². The molecule has 1 saturated heterocycles. The molecular formula is C19H24ClFN4O3S. The Kier molecular flexibility index (Phi) is 6.30. The van der Waals surface area contributed by atoms with E-state index in [1.165, 1.54) is 16.4 Å². The topological polar surface area (TPSA) is 75.5 Å². The minimum atomic E-state index is -3.73. The second-order valence-electron chi connectivity index (χ2n) is 7.48. The average molecular weight is 443 g/mol. The quantitative estimate of drug-likeness (QED) is 0.713. The van der Waals surface area contributed by atoms with Gasteiger partial charge in [0, 0.05) is 32.7 Å². The maximum Gasteiger partial charge on any atom is 0.258 e. The lowest BCUT2D eigenvalue weighted by molar-refractivity contribution is 0.0697. The number of amides is 1. The maximum absolute atomic E-state index is 13.1. The Hall–Kier alpha value is -1.97. The smallest absolute Gasteiger partial charge is 0.258 e. The van der Waals surface area contributed by atoms with Crippen LogP contribution < -0.4 is 0 Å². The molecule has 0 atom stereocenters. The summed E-state index contributed by atoms with van der Waals surface area (Å²) in [5.74, 6) is -0.416. The van der Waals surface area contributed by atoms with Crippen molar-refractivity contribution >= 4 is 27.5 Å². The number of carbonyl (C=O) groups excluding carboxylic acids is 1. The van der Waals surface area contributed by atoms with Crippen molar-refractivity contribution in [3.63, 3.8) is 0 Å². The highest BCUT2D eigenvalue weighted by molar-refractivity contribution is 7.89. The van der Waals surface area contributed by atoms with Gasteiger partial charge in [0.25, 0.3) is 5.91 Å². The Morgan fingerprint density at radius 2 is 1.76 bits per heavy atom. The van der Waals surface area contributed by atoms with Gasteiger partial charge in [-0.15, -0.1) is 0 Å². The Bertz CT molecular complexity index is 997. The van der Waals surface area contributed by atoms with Crippen LogP contribution in [0.4, 0.5) is 4.39 Å². The van der Waals surface area contributed by atoms with Gasteiger partial charge in [0.05, 0.1) is 16.2 Å². The first kappa shape index (κ1) is 21.7. The van der Waals surface area contributed by atoms with Gasteiger partial charge in [-0.05, 0) is 37.1 Å². The van der Waals surface area contributed by atoms with Crippen molar-refractivity contribution in [3.05, 3.63) is 46.5 Å². The maximum atomic E-state index is 13.1. The third-order valence-electron chi connectivity index (χ3n) is 4.79. The number of nitrogens with zero attached hydrogens (tertiary/aromatic N) is 4. The Balaban J connectivity index is 1.72. The molecule has 158 valence electrons. The van der Waals surface area contributed by atoms with Crippen LogP contribution in [0.2, 0.25) is 5.15 Å². The zero-order valence-corrected chi connectivity index (χ0v) is 18.2. The van der Waals surface area contributed by atoms with E-state index in [4.69, 9.17) is 11.6 Å². The molecule has 2 heterocycles. The van der Waals surface area contributed by atoms with E-state index in [-0.39, 0.29) is 37.0 Å². The highest BCUT2D eigenvalue weighted by atomic mass is 35.5. The van der Waals surface area contributed by atoms with Crippen LogP contribution in [0.5, 0.6) is 0 Å². The van der Waals surface area contributed by atoms with E-state index in [1.807, 2.05) is 13.8 Å². The third-order valence-corrected chi connectivity index (χ3v) is 7.09. The van der Waals surface area contributed by atoms with Crippen LogP contribution in [-0.4, -0.2) is 59.5 Å². The molecule has 0 spiro atoms. The number of rotatable bonds is 5. The van der Waals surface area contributed by atoms with Crippen LogP contribution in [0, 0.1) is 18.7 Å². The standard InChI is InChI=1S/C19H24ClFN4O3S/c1-13(2)12-25-18(20)17(14(3)22-25)19(26)23-8-10-24(11-9-23)29(27,28)16-6-4-15(21)5-7-16/h4-7,13H,8-12H2,1-3H3. The van der Waals surface area contributed by atoms with E-state index in [0.717, 1.165) is 12.1 Å². The molecule has 29 heavy (non-hydrogen) atoms. The molecule has 1 amide bonds. The average Bonchev–Trinajstić information content (AvgIpc) is 2.94. The van der Waals surface area contributed by atoms with E-state index in [9.17, 15) is 17.6 Å². The first-order chi connectivity index (χ1) is 13.6. The van der Waals surface area contributed by atoms with Crippen molar-refractivity contribution in [2.75, 3.05) is 26.2 Å². The molecule has 1 aromatic carbocycles. The first-order valence-corrected chi connectivity index (χ1v) is 11.2. The molecule has 0 radical (unpaired) electrons. The molecule has 0 bridgehead atoms. The Morgan fingerprint density at radius 3 is 2.31 bits per heavy atom. The highest BCUT2D eigenvalue weighted by Crippen LogP contribution is 2.24. The zero-order valence-electron chi connectivity index (χ0n) is 16.6. The summed E-state index contributed by atoms with van der Waals surface area (Å²) in [5, 5.41) is 4.68. The van der Waals surface area contributed by atoms with Gasteiger partial charge in [-0.3, -0.25) is 9.48 Å². The number of aryl methyl sites for hydroxylation is 1. The fraction of sp³-hybridized carbons (Fsp3) is 0.474. The molecule has 1 fully saturated rings. The lowest BCUT2D eigenvalue weighted by Gasteiger charge is -2.34. The number of hydrogen-bond donors (Lipinski definition) is 0. The van der Waals surface area contributed by atoms with E-state index in [1.54, 1.807) is 16.5 Å². The summed E-state index contributed by atoms with van der Waals surface area (Å²) >= 11 is 6.40. The van der Waals surface area contributed by atoms with Gasteiger partial charge in [0.15, 0.2) is 0 Å². The lowest BCUT2D eigenvalue weighted by atomic mass is 10.2. The SMILES string of the molecule is Cc1nn(CC(C)C)c(Cl)c1C(=O)N1CCN(S(=O)(=O)c2ccc(F)cc2)CC1. The van der Waals surface area contributed by atoms with E-state index in [2.05, 4.69) is 5.10 Å². The van der Waals surface area contributed by atoms with Crippen molar-refractivity contribution in [2.24, 2.45) is 5.92 Å². The Morgan fingerprint density at radius 1 is 1.17 bits per heavy atom. The largest absolute Gasteiger partial charge is 0.336 e. The molecule has 1 aromatic heterocycles. The second-order valence-corrected chi connectivity index (χ2v) is 9.77. The van der Waals surface area contributed by atoms with Crippen molar-refractivity contribution in [1.29, 1.82) is 0 Å². The summed E-state index contributed by atoms with van der Waals surface area (Å²) in [4.78, 5) is 14.6. The molecule has 2 aromatic rings. The summed E-state index contributed by atoms with van der Waals surface area (Å²) in [6, 6.07) is 4.72. The number of sulfonamides is 1. The van der Waals surface area contributed by atoms with Crippen molar-refractivity contribution in [3.8, 4) is 0 Å². The van der Waals surface area contributed by atoms with Gasteiger partial charge >= 0.3 is 0 Å². The van der Waals surface area contributed by atoms with Crippen LogP contribution in [0.1, 0.15) is 29.9 Å². The van der Waals surface area contributed by atoms with E-state index < -0.39 is 15.8 Å². The van der Waals surface area contributed by atoms with Crippen molar-refractivity contribution < 1.29 is 17.6 Å². The predicted octanol–water partition coefficient (Wildman–Crippen LogP) is 2.79. The molecule has 1 aliphatic heterocycles. The molecule has 0 saturated carbocycles. The first-order valence-electron chi connectivity index (χ1n) is 9.39. The van der Waals surface area contributed by atoms with Crippen LogP contribution in [0.3, 0.4) is 0 Å². The molecule has 1 aliphatic rings. The number of piperazine rings is 1. The fourth-order valence-corrected chi connectivity index (χ4v) is 5.05. The number of aromatic nitrogens is 2. The number of benzene rings is 1. The normalized spacial score (nSPS) is 15.9. The lowest BCUT2D eigenvalue weighted by Crippen LogP contribution is -2.50. The van der Waals surface area contributed by atoms with Gasteiger partial charge in [-0.25, -0.2) is 12.8 Å². The molecular weight excluding hydrogens is 419 g/mol. The third kappa shape index (κ3) is 4.46. The number of hydrogen-bond acceptors (Lipinski definition) is 4. The summed E-state index contributed by atoms with van der Waals surface area (Å²) in [7, 11) is -3.73. The zero-order chi connectivity index (χ0) is 21.3. The summed E-state index contributed by atoms with van der Waals surface area (Å²) in [5.41, 5.74) is 0.921. The molecule has 3 rings (SSSR count). The van der Waals surface area contributed by atoms with Gasteiger partial charge in [-0.2, -0.15) is 9.40 Å². The highest BCUT2D eigenvalue weighted by Gasteiger charge is 2.32. The van der Waals surface area contributed by atoms with E-state index in [0.29, 0.717) is 28.9 Å². The molecule has 0 unspecified atom stereocenters. The number of carbonyl (C=O) groups is 1. The fourth-order valence-electron chi connectivity index (χ4n) is 3.31. The molecule has 7 nitrogen and oxygen atoms in total. The minimum Gasteiger partial charge on any atom is -0.336 e. The number of halogens is 2. The second kappa shape index (κ2) is 8.41. The van der Waals surface area contributed by atoms with E-state index >= 15 is 0 Å². The van der Waals surface area contributed by atoms with Gasteiger partial charge in [-0.1, -0.05) is 25.4 Å². The minimum absolute atomic E-state index is 0.0347. The predicted molar refractivity (Wildman–Crippen MR) is 108 cm³/mol. The van der Waals surface area contributed by atoms with Gasteiger partial charge in [0.1, 0.15) is 11.0 Å². The van der Waals surface area contributed by atoms with Crippen LogP contribution >= 0.6 is 11.6 Å². The van der Waals surface area contributed by atoms with Crippen LogP contribution in [-0.2, 0) is 16.6 Å². The monoisotopic (exact) mass is 442 g/mol. The van der Waals surface area contributed by atoms with Crippen molar-refractivity contribution in [2.45, 2.75) is 32.2 Å². The molecule has 0 N–H and O–H groups in total. The molecule has 0 aliphatic carbocycles. The van der Waals surface area contributed by atoms with Gasteiger partial charge in [0.2, 0.25) is 10.0 Å². The van der Waals surface area contributed by atoms with Crippen LogP contribution in [0.15, 0.2) is 29.2 Å². The molecule has 10 heteroatoms. The Labute approximate surface area is 175 Å².